The SMILES string of the molecule is C=C(N[C@@H](C)C(=C)N(C)C1C(=O)N[C@@H](C)C(=C)NC(C(=C)C)Cc2ccc3c(c2)-c2cc1cc(CCCCN)c2C3CCCN)c1c(C)nc(-c2ccc(C(C)(C)C)cc2)nc1N. The Morgan fingerprint density at radius 1 is 0.968 bits per heavy atom. The van der Waals surface area contributed by atoms with Gasteiger partial charge < -0.3 is 38.1 Å². The summed E-state index contributed by atoms with van der Waals surface area (Å²) < 4.78 is 0. The molecule has 63 heavy (non-hydrogen) atoms. The highest BCUT2D eigenvalue weighted by atomic mass is 16.2. The molecule has 3 aromatic carbocycles. The zero-order valence-corrected chi connectivity index (χ0v) is 39.1. The summed E-state index contributed by atoms with van der Waals surface area (Å²) >= 11 is 0. The maximum absolute atomic E-state index is 14.9. The van der Waals surface area contributed by atoms with Crippen molar-refractivity contribution in [2.45, 2.75) is 122 Å². The number of amides is 1. The highest BCUT2D eigenvalue weighted by molar-refractivity contribution is 5.87. The number of unbranched alkanes of at least 4 members (excludes halogenated alkanes) is 1. The van der Waals surface area contributed by atoms with Crippen LogP contribution in [0.3, 0.4) is 0 Å². The van der Waals surface area contributed by atoms with Crippen LogP contribution in [0.15, 0.2) is 97.9 Å². The van der Waals surface area contributed by atoms with Crippen molar-refractivity contribution in [3.05, 3.63) is 143 Å². The molecule has 9 N–H and O–H groups in total. The van der Waals surface area contributed by atoms with Gasteiger partial charge in [-0.1, -0.05) is 101 Å². The molecular weight excluding hydrogens is 779 g/mol. The molecule has 0 radical (unpaired) electrons. The highest BCUT2D eigenvalue weighted by Crippen LogP contribution is 2.50. The summed E-state index contributed by atoms with van der Waals surface area (Å²) in [4.78, 5) is 26.5. The van der Waals surface area contributed by atoms with Crippen molar-refractivity contribution in [2.75, 3.05) is 25.9 Å². The third-order valence-electron chi connectivity index (χ3n) is 13.0. The van der Waals surface area contributed by atoms with Gasteiger partial charge in [0, 0.05) is 35.6 Å². The van der Waals surface area contributed by atoms with E-state index in [4.69, 9.17) is 27.2 Å². The van der Waals surface area contributed by atoms with Gasteiger partial charge in [-0.15, -0.1) is 0 Å². The minimum absolute atomic E-state index is 0.0329. The molecule has 10 heteroatoms. The Morgan fingerprint density at radius 3 is 2.30 bits per heavy atom. The molecule has 0 fully saturated rings. The van der Waals surface area contributed by atoms with Gasteiger partial charge in [0.2, 0.25) is 5.91 Å². The topological polar surface area (TPSA) is 160 Å². The number of nitrogens with zero attached hydrogens (tertiary/aromatic N) is 3. The number of carbonyl (C=O) groups excluding carboxylic acids is 1. The second kappa shape index (κ2) is 19.4. The molecule has 0 saturated heterocycles. The minimum atomic E-state index is -0.738. The first-order valence-electron chi connectivity index (χ1n) is 22.6. The molecule has 1 aromatic heterocycles. The normalized spacial score (nSPS) is 18.9. The maximum atomic E-state index is 14.9. The van der Waals surface area contributed by atoms with Gasteiger partial charge in [0.1, 0.15) is 11.9 Å². The number of likely N-dealkylation sites (N-methyl/N-ethyl adjacent to an activating group) is 1. The predicted molar refractivity (Wildman–Crippen MR) is 263 cm³/mol. The predicted octanol–water partition coefficient (Wildman–Crippen LogP) is 8.71. The Balaban J connectivity index is 1.38. The average molecular weight is 850 g/mol. The number of hydrogen-bond acceptors (Lipinski definition) is 9. The number of anilines is 1. The molecule has 3 unspecified atom stereocenters. The van der Waals surface area contributed by atoms with Crippen LogP contribution in [0.5, 0.6) is 0 Å². The standard InChI is InChI=1S/C53H71N9O/c1-30(2)46-27-37-18-23-42-43(17-15-25-55)48-39(16-13-14-24-54)28-40(29-45(48)44(42)26-37)49(52(63)60-32(4)31(3)58-46)62(12)36(8)33(5)57-34(6)47-35(7)59-51(61-50(47)56)38-19-21-41(22-20-38)53(9,10)11/h18-23,26,28-29,32-33,43,46,49,57-58H,1,3,6,8,13-17,24-25,27,54-55H2,2,4-5,7,9-12H3,(H,60,63)(H2,56,59,61)/t32-,33-,43?,46?,49?/m0/s1. The second-order valence-corrected chi connectivity index (χ2v) is 18.9. The van der Waals surface area contributed by atoms with E-state index in [1.54, 1.807) is 0 Å². The fourth-order valence-corrected chi connectivity index (χ4v) is 9.21. The third-order valence-corrected chi connectivity index (χ3v) is 13.0. The van der Waals surface area contributed by atoms with Gasteiger partial charge in [0.05, 0.1) is 29.4 Å². The van der Waals surface area contributed by atoms with E-state index in [-0.39, 0.29) is 35.4 Å². The van der Waals surface area contributed by atoms with Crippen LogP contribution >= 0.6 is 0 Å². The molecular formula is C53H71N9O. The summed E-state index contributed by atoms with van der Waals surface area (Å²) in [6, 6.07) is 18.2. The summed E-state index contributed by atoms with van der Waals surface area (Å²) in [6.07, 6.45) is 5.30. The molecule has 5 atom stereocenters. The molecule has 1 amide bonds. The fourth-order valence-electron chi connectivity index (χ4n) is 9.21. The molecule has 4 aromatic rings. The number of aromatic nitrogens is 2. The number of rotatable bonds is 15. The van der Waals surface area contributed by atoms with Crippen molar-refractivity contribution in [2.24, 2.45) is 11.5 Å². The molecule has 2 aliphatic rings. The van der Waals surface area contributed by atoms with Crippen LogP contribution in [-0.2, 0) is 23.1 Å². The number of aryl methyl sites for hydroxylation is 2. The lowest BCUT2D eigenvalue weighted by Gasteiger charge is -2.36. The van der Waals surface area contributed by atoms with Crippen LogP contribution < -0.4 is 33.2 Å². The molecule has 4 bridgehead atoms. The van der Waals surface area contributed by atoms with Crippen molar-refractivity contribution in [1.82, 2.24) is 30.8 Å². The maximum Gasteiger partial charge on any atom is 0.247 e. The zero-order chi connectivity index (χ0) is 45.9. The quantitative estimate of drug-likeness (QED) is 0.0508. The van der Waals surface area contributed by atoms with Crippen LogP contribution in [0.1, 0.15) is 124 Å². The van der Waals surface area contributed by atoms with Gasteiger partial charge in [-0.3, -0.25) is 4.79 Å². The van der Waals surface area contributed by atoms with Crippen molar-refractivity contribution in [3.63, 3.8) is 0 Å². The third kappa shape index (κ3) is 10.1. The van der Waals surface area contributed by atoms with Crippen LogP contribution in [0, 0.1) is 6.92 Å². The van der Waals surface area contributed by atoms with Gasteiger partial charge in [-0.05, 0) is 135 Å². The summed E-state index contributed by atoms with van der Waals surface area (Å²) in [7, 11) is 1.94. The number of nitrogens with one attached hydrogen (secondary N) is 3. The van der Waals surface area contributed by atoms with Crippen LogP contribution in [-0.4, -0.2) is 59.0 Å². The number of hydrogen-bond donors (Lipinski definition) is 6. The van der Waals surface area contributed by atoms with E-state index in [0.717, 1.165) is 55.2 Å². The molecule has 334 valence electrons. The van der Waals surface area contributed by atoms with Crippen LogP contribution in [0.2, 0.25) is 0 Å². The monoisotopic (exact) mass is 850 g/mol. The first kappa shape index (κ1) is 46.8. The van der Waals surface area contributed by atoms with E-state index >= 15 is 0 Å². The van der Waals surface area contributed by atoms with E-state index in [9.17, 15) is 4.79 Å². The summed E-state index contributed by atoms with van der Waals surface area (Å²) in [5, 5.41) is 10.5. The Hall–Kier alpha value is -5.71. The number of nitrogens with two attached hydrogens (primary N) is 3. The van der Waals surface area contributed by atoms with Crippen LogP contribution in [0.4, 0.5) is 5.82 Å². The number of nitrogen functional groups attached to an aromatic ring is 1. The molecule has 0 saturated carbocycles. The van der Waals surface area contributed by atoms with Gasteiger partial charge >= 0.3 is 0 Å². The molecule has 0 spiro atoms. The summed E-state index contributed by atoms with van der Waals surface area (Å²) in [5.41, 5.74) is 33.7. The van der Waals surface area contributed by atoms with Gasteiger partial charge in [0.25, 0.3) is 0 Å². The van der Waals surface area contributed by atoms with Gasteiger partial charge in [-0.25, -0.2) is 9.97 Å². The van der Waals surface area contributed by atoms with E-state index in [1.807, 2.05) is 51.8 Å². The van der Waals surface area contributed by atoms with Crippen molar-refractivity contribution >= 4 is 17.4 Å². The zero-order valence-electron chi connectivity index (χ0n) is 39.1. The van der Waals surface area contributed by atoms with Gasteiger partial charge in [-0.2, -0.15) is 0 Å². The fraction of sp³-hybridized carbons (Fsp3) is 0.415. The average Bonchev–Trinajstić information content (AvgIpc) is 3.53. The molecule has 10 nitrogen and oxygen atoms in total. The van der Waals surface area contributed by atoms with Crippen molar-refractivity contribution in [1.29, 1.82) is 0 Å². The number of fused-ring (bicyclic) bond motifs is 2. The smallest absolute Gasteiger partial charge is 0.247 e. The Morgan fingerprint density at radius 2 is 1.67 bits per heavy atom. The van der Waals surface area contributed by atoms with Crippen LogP contribution in [0.25, 0.3) is 28.2 Å². The minimum Gasteiger partial charge on any atom is -0.383 e. The summed E-state index contributed by atoms with van der Waals surface area (Å²) in [6.45, 7) is 33.4. The first-order chi connectivity index (χ1) is 29.8. The Labute approximate surface area is 376 Å². The molecule has 6 rings (SSSR count). The second-order valence-electron chi connectivity index (χ2n) is 18.9. The lowest BCUT2D eigenvalue weighted by molar-refractivity contribution is -0.126. The molecule has 1 aliphatic heterocycles. The van der Waals surface area contributed by atoms with E-state index in [0.29, 0.717) is 53.1 Å². The highest BCUT2D eigenvalue weighted by Gasteiger charge is 2.36. The molecule has 2 heterocycles. The summed E-state index contributed by atoms with van der Waals surface area (Å²) in [5.74, 6) is 0.931. The van der Waals surface area contributed by atoms with Gasteiger partial charge in [0.15, 0.2) is 5.82 Å². The lowest BCUT2D eigenvalue weighted by atomic mass is 9.85. The molecule has 1 aliphatic carbocycles. The van der Waals surface area contributed by atoms with E-state index < -0.39 is 6.04 Å². The van der Waals surface area contributed by atoms with E-state index in [2.05, 4.69) is 106 Å². The largest absolute Gasteiger partial charge is 0.383 e. The van der Waals surface area contributed by atoms with Crippen molar-refractivity contribution in [3.8, 4) is 22.5 Å². The Bertz CT molecular complexity index is 2370. The van der Waals surface area contributed by atoms with E-state index in [1.165, 1.54) is 38.9 Å². The Kier molecular flexibility index (Phi) is 14.4. The number of benzene rings is 3. The van der Waals surface area contributed by atoms with Crippen molar-refractivity contribution < 1.29 is 4.79 Å². The number of carbonyl (C=O) groups is 1. The first-order valence-corrected chi connectivity index (χ1v) is 22.6. The lowest BCUT2D eigenvalue weighted by Crippen LogP contribution is -2.47.